The predicted molar refractivity (Wildman–Crippen MR) is 94.7 cm³/mol. The Labute approximate surface area is 155 Å². The average molecular weight is 377 g/mol. The van der Waals surface area contributed by atoms with Crippen molar-refractivity contribution in [3.05, 3.63) is 51.0 Å². The summed E-state index contributed by atoms with van der Waals surface area (Å²) in [5.41, 5.74) is 2.37. The SMILES string of the molecule is CN(CC1OCCc2sccc21)C(=O)Cc1cc(F)cc2c1OCOC2. The zero-order valence-corrected chi connectivity index (χ0v) is 15.3. The molecule has 1 atom stereocenters. The molecule has 26 heavy (non-hydrogen) atoms. The van der Waals surface area contributed by atoms with Crippen LogP contribution in [0.3, 0.4) is 0 Å². The lowest BCUT2D eigenvalue weighted by molar-refractivity contribution is -0.131. The summed E-state index contributed by atoms with van der Waals surface area (Å²) in [6.45, 7) is 1.56. The van der Waals surface area contributed by atoms with Crippen molar-refractivity contribution in [1.82, 2.24) is 4.90 Å². The molecular weight excluding hydrogens is 357 g/mol. The first kappa shape index (κ1) is 17.5. The highest BCUT2D eigenvalue weighted by Crippen LogP contribution is 2.32. The lowest BCUT2D eigenvalue weighted by atomic mass is 10.0. The normalized spacial score (nSPS) is 18.6. The van der Waals surface area contributed by atoms with Gasteiger partial charge in [0.2, 0.25) is 5.91 Å². The molecule has 0 saturated heterocycles. The van der Waals surface area contributed by atoms with Crippen LogP contribution in [0.1, 0.15) is 27.7 Å². The summed E-state index contributed by atoms with van der Waals surface area (Å²) in [5.74, 6) is 0.0779. The Balaban J connectivity index is 1.47. The van der Waals surface area contributed by atoms with Crippen molar-refractivity contribution in [2.24, 2.45) is 0 Å². The number of hydrogen-bond donors (Lipinski definition) is 0. The second-order valence-corrected chi connectivity index (χ2v) is 7.52. The predicted octanol–water partition coefficient (Wildman–Crippen LogP) is 3.07. The fourth-order valence-electron chi connectivity index (χ4n) is 3.41. The fraction of sp³-hybridized carbons (Fsp3) is 0.421. The number of halogens is 1. The number of likely N-dealkylation sites (N-methyl/N-ethyl adjacent to an activating group) is 1. The third-order valence-corrected chi connectivity index (χ3v) is 5.73. The second kappa shape index (κ2) is 7.34. The van der Waals surface area contributed by atoms with Crippen LogP contribution in [-0.4, -0.2) is 37.8 Å². The molecule has 1 unspecified atom stereocenters. The van der Waals surface area contributed by atoms with Gasteiger partial charge in [0.25, 0.3) is 0 Å². The fourth-order valence-corrected chi connectivity index (χ4v) is 4.33. The van der Waals surface area contributed by atoms with E-state index in [9.17, 15) is 9.18 Å². The molecule has 0 saturated carbocycles. The van der Waals surface area contributed by atoms with E-state index in [0.29, 0.717) is 36.6 Å². The molecular formula is C19H20FNO4S. The summed E-state index contributed by atoms with van der Waals surface area (Å²) in [4.78, 5) is 15.7. The lowest BCUT2D eigenvalue weighted by Crippen LogP contribution is -2.34. The first-order valence-corrected chi connectivity index (χ1v) is 9.43. The third-order valence-electron chi connectivity index (χ3n) is 4.73. The lowest BCUT2D eigenvalue weighted by Gasteiger charge is -2.28. The molecule has 1 aromatic heterocycles. The number of thiophene rings is 1. The number of carbonyl (C=O) groups excluding carboxylic acids is 1. The first-order valence-electron chi connectivity index (χ1n) is 8.55. The van der Waals surface area contributed by atoms with Gasteiger partial charge in [-0.1, -0.05) is 0 Å². The molecule has 2 aliphatic rings. The Kier molecular flexibility index (Phi) is 4.93. The highest BCUT2D eigenvalue weighted by Gasteiger charge is 2.26. The Bertz CT molecular complexity index is 822. The molecule has 0 N–H and O–H groups in total. The Hall–Kier alpha value is -1.96. The number of fused-ring (bicyclic) bond motifs is 2. The summed E-state index contributed by atoms with van der Waals surface area (Å²) in [7, 11) is 1.75. The second-order valence-electron chi connectivity index (χ2n) is 6.52. The van der Waals surface area contributed by atoms with E-state index in [-0.39, 0.29) is 31.0 Å². The maximum Gasteiger partial charge on any atom is 0.226 e. The quantitative estimate of drug-likeness (QED) is 0.822. The number of hydrogen-bond acceptors (Lipinski definition) is 5. The molecule has 0 bridgehead atoms. The highest BCUT2D eigenvalue weighted by molar-refractivity contribution is 7.10. The van der Waals surface area contributed by atoms with Crippen LogP contribution in [0.2, 0.25) is 0 Å². The van der Waals surface area contributed by atoms with Gasteiger partial charge >= 0.3 is 0 Å². The van der Waals surface area contributed by atoms with Crippen LogP contribution in [0.25, 0.3) is 0 Å². The van der Waals surface area contributed by atoms with E-state index in [1.807, 2.05) is 0 Å². The van der Waals surface area contributed by atoms with Crippen LogP contribution in [0.5, 0.6) is 5.75 Å². The first-order chi connectivity index (χ1) is 12.6. The molecule has 4 rings (SSSR count). The van der Waals surface area contributed by atoms with Crippen molar-refractivity contribution in [1.29, 1.82) is 0 Å². The van der Waals surface area contributed by atoms with Gasteiger partial charge in [-0.15, -0.1) is 11.3 Å². The molecule has 0 spiro atoms. The monoisotopic (exact) mass is 377 g/mol. The van der Waals surface area contributed by atoms with Crippen LogP contribution in [0, 0.1) is 5.82 Å². The molecule has 1 aromatic carbocycles. The smallest absolute Gasteiger partial charge is 0.226 e. The number of carbonyl (C=O) groups is 1. The van der Waals surface area contributed by atoms with Crippen LogP contribution in [0.4, 0.5) is 4.39 Å². The number of nitrogens with zero attached hydrogens (tertiary/aromatic N) is 1. The molecule has 7 heteroatoms. The minimum absolute atomic E-state index is 0.0831. The van der Waals surface area contributed by atoms with Crippen molar-refractivity contribution in [2.45, 2.75) is 25.6 Å². The van der Waals surface area contributed by atoms with E-state index in [1.54, 1.807) is 23.3 Å². The average Bonchev–Trinajstić information content (AvgIpc) is 3.11. The van der Waals surface area contributed by atoms with E-state index in [1.165, 1.54) is 22.6 Å². The maximum atomic E-state index is 13.9. The molecule has 2 aromatic rings. The van der Waals surface area contributed by atoms with Crippen molar-refractivity contribution >= 4 is 17.2 Å². The molecule has 5 nitrogen and oxygen atoms in total. The number of ether oxygens (including phenoxy) is 3. The van der Waals surface area contributed by atoms with E-state index < -0.39 is 0 Å². The van der Waals surface area contributed by atoms with Gasteiger partial charge in [-0.3, -0.25) is 4.79 Å². The van der Waals surface area contributed by atoms with Crippen molar-refractivity contribution in [2.75, 3.05) is 27.0 Å². The maximum absolute atomic E-state index is 13.9. The molecule has 2 aliphatic heterocycles. The third kappa shape index (κ3) is 3.47. The van der Waals surface area contributed by atoms with E-state index in [2.05, 4.69) is 11.4 Å². The van der Waals surface area contributed by atoms with Crippen LogP contribution in [0.15, 0.2) is 23.6 Å². The van der Waals surface area contributed by atoms with Gasteiger partial charge in [-0.2, -0.15) is 0 Å². The van der Waals surface area contributed by atoms with Gasteiger partial charge in [0.15, 0.2) is 6.79 Å². The summed E-state index contributed by atoms with van der Waals surface area (Å²) in [6, 6.07) is 4.82. The van der Waals surface area contributed by atoms with E-state index in [0.717, 1.165) is 6.42 Å². The minimum Gasteiger partial charge on any atom is -0.467 e. The Morgan fingerprint density at radius 3 is 3.19 bits per heavy atom. The molecule has 3 heterocycles. The van der Waals surface area contributed by atoms with Crippen LogP contribution in [-0.2, 0) is 33.7 Å². The van der Waals surface area contributed by atoms with E-state index >= 15 is 0 Å². The summed E-state index contributed by atoms with van der Waals surface area (Å²) >= 11 is 1.73. The molecule has 0 fully saturated rings. The van der Waals surface area contributed by atoms with Crippen molar-refractivity contribution in [3.8, 4) is 5.75 Å². The van der Waals surface area contributed by atoms with Gasteiger partial charge in [-0.25, -0.2) is 4.39 Å². The standard InChI is InChI=1S/C19H20FNO4S/c1-21(9-16-15-3-5-26-17(15)2-4-24-16)18(22)8-12-6-14(20)7-13-10-23-11-25-19(12)13/h3,5-7,16H,2,4,8-11H2,1H3. The summed E-state index contributed by atoms with van der Waals surface area (Å²) in [6.07, 6.45) is 0.903. The number of benzene rings is 1. The molecule has 0 aliphatic carbocycles. The number of rotatable bonds is 4. The van der Waals surface area contributed by atoms with Gasteiger partial charge in [0.1, 0.15) is 17.7 Å². The molecule has 138 valence electrons. The topological polar surface area (TPSA) is 48.0 Å². The largest absolute Gasteiger partial charge is 0.467 e. The van der Waals surface area contributed by atoms with Crippen molar-refractivity contribution < 1.29 is 23.4 Å². The van der Waals surface area contributed by atoms with E-state index in [4.69, 9.17) is 14.2 Å². The molecule has 1 amide bonds. The summed E-state index contributed by atoms with van der Waals surface area (Å²) < 4.78 is 30.4. The van der Waals surface area contributed by atoms with Gasteiger partial charge < -0.3 is 19.1 Å². The van der Waals surface area contributed by atoms with Gasteiger partial charge in [0.05, 0.1) is 26.2 Å². The number of amides is 1. The Morgan fingerprint density at radius 2 is 2.31 bits per heavy atom. The Morgan fingerprint density at radius 1 is 1.42 bits per heavy atom. The minimum atomic E-state index is -0.387. The van der Waals surface area contributed by atoms with Crippen LogP contribution >= 0.6 is 11.3 Å². The zero-order valence-electron chi connectivity index (χ0n) is 14.5. The van der Waals surface area contributed by atoms with Crippen LogP contribution < -0.4 is 4.74 Å². The highest BCUT2D eigenvalue weighted by atomic mass is 32.1. The van der Waals surface area contributed by atoms with Gasteiger partial charge in [-0.05, 0) is 29.1 Å². The van der Waals surface area contributed by atoms with Gasteiger partial charge in [0, 0.05) is 29.5 Å². The summed E-state index contributed by atoms with van der Waals surface area (Å²) in [5, 5.41) is 2.06. The zero-order chi connectivity index (χ0) is 18.1. The van der Waals surface area contributed by atoms with Crippen molar-refractivity contribution in [3.63, 3.8) is 0 Å². The molecule has 0 radical (unpaired) electrons.